The highest BCUT2D eigenvalue weighted by Gasteiger charge is 2.36. The van der Waals surface area contributed by atoms with Gasteiger partial charge in [0.1, 0.15) is 5.57 Å². The Kier molecular flexibility index (Phi) is 6.04. The molecule has 0 unspecified atom stereocenters. The lowest BCUT2D eigenvalue weighted by atomic mass is 10.1. The Morgan fingerprint density at radius 2 is 1.93 bits per heavy atom. The molecule has 6 nitrogen and oxygen atoms in total. The first-order valence-corrected chi connectivity index (χ1v) is 9.67. The summed E-state index contributed by atoms with van der Waals surface area (Å²) in [5, 5.41) is 11.9. The fourth-order valence-electron chi connectivity index (χ4n) is 2.71. The van der Waals surface area contributed by atoms with Gasteiger partial charge in [-0.05, 0) is 76.8 Å². The SMILES string of the molecule is COc1cc(/C=C2\C(=O)NC(=S)N(c3cccc(C(F)(F)F)c3)C2=O)cc(I)c1O. The van der Waals surface area contributed by atoms with Crippen LogP contribution >= 0.6 is 34.8 Å². The second-order valence-electron chi connectivity index (χ2n) is 6.06. The van der Waals surface area contributed by atoms with Gasteiger partial charge >= 0.3 is 6.18 Å². The van der Waals surface area contributed by atoms with E-state index in [1.165, 1.54) is 31.4 Å². The molecular weight excluding hydrogens is 536 g/mol. The standard InChI is InChI=1S/C19H12F3IN2O4S/c1-29-14-7-9(6-13(23)15(14)26)5-12-16(27)24-18(30)25(17(12)28)11-4-2-3-10(8-11)19(20,21)22/h2-8,26H,1H3,(H,24,27,30)/b12-5+. The Hall–Kier alpha value is -2.67. The zero-order chi connectivity index (χ0) is 22.2. The maximum Gasteiger partial charge on any atom is 0.416 e. The third-order valence-corrected chi connectivity index (χ3v) is 5.22. The van der Waals surface area contributed by atoms with Crippen LogP contribution in [0.5, 0.6) is 11.5 Å². The van der Waals surface area contributed by atoms with Crippen LogP contribution in [0.25, 0.3) is 6.08 Å². The topological polar surface area (TPSA) is 78.9 Å². The summed E-state index contributed by atoms with van der Waals surface area (Å²) in [7, 11) is 1.34. The van der Waals surface area contributed by atoms with Gasteiger partial charge in [0.15, 0.2) is 16.6 Å². The normalized spacial score (nSPS) is 16.1. The molecule has 2 aromatic carbocycles. The fourth-order valence-corrected chi connectivity index (χ4v) is 3.62. The first-order valence-electron chi connectivity index (χ1n) is 8.18. The third-order valence-electron chi connectivity index (χ3n) is 4.12. The number of aromatic hydroxyl groups is 1. The number of amides is 2. The second kappa shape index (κ2) is 8.22. The first-order chi connectivity index (χ1) is 14.0. The van der Waals surface area contributed by atoms with Gasteiger partial charge in [-0.25, -0.2) is 0 Å². The number of alkyl halides is 3. The van der Waals surface area contributed by atoms with Crippen LogP contribution < -0.4 is 15.0 Å². The summed E-state index contributed by atoms with van der Waals surface area (Å²) >= 11 is 6.85. The number of hydrogen-bond donors (Lipinski definition) is 2. The highest BCUT2D eigenvalue weighted by molar-refractivity contribution is 14.1. The van der Waals surface area contributed by atoms with Gasteiger partial charge in [0.05, 0.1) is 21.9 Å². The van der Waals surface area contributed by atoms with E-state index >= 15 is 0 Å². The molecule has 0 aromatic heterocycles. The maximum atomic E-state index is 13.0. The Morgan fingerprint density at radius 3 is 2.57 bits per heavy atom. The van der Waals surface area contributed by atoms with Crippen LogP contribution in [0, 0.1) is 3.57 Å². The van der Waals surface area contributed by atoms with Crippen molar-refractivity contribution in [2.75, 3.05) is 12.0 Å². The Labute approximate surface area is 187 Å². The van der Waals surface area contributed by atoms with E-state index in [0.29, 0.717) is 9.13 Å². The number of nitrogens with zero attached hydrogens (tertiary/aromatic N) is 1. The zero-order valence-electron chi connectivity index (χ0n) is 15.1. The van der Waals surface area contributed by atoms with Crippen molar-refractivity contribution >= 4 is 63.5 Å². The number of ether oxygens (including phenoxy) is 1. The van der Waals surface area contributed by atoms with Crippen molar-refractivity contribution in [1.29, 1.82) is 0 Å². The smallest absolute Gasteiger partial charge is 0.416 e. The average molecular weight is 548 g/mol. The van der Waals surface area contributed by atoms with Crippen LogP contribution in [-0.2, 0) is 15.8 Å². The highest BCUT2D eigenvalue weighted by atomic mass is 127. The van der Waals surface area contributed by atoms with E-state index in [-0.39, 0.29) is 27.9 Å². The largest absolute Gasteiger partial charge is 0.504 e. The Morgan fingerprint density at radius 1 is 1.23 bits per heavy atom. The van der Waals surface area contributed by atoms with Crippen molar-refractivity contribution in [2.24, 2.45) is 0 Å². The Balaban J connectivity index is 2.06. The van der Waals surface area contributed by atoms with E-state index in [1.54, 1.807) is 0 Å². The van der Waals surface area contributed by atoms with Crippen LogP contribution in [0.4, 0.5) is 18.9 Å². The number of phenols is 1. The van der Waals surface area contributed by atoms with Crippen LogP contribution in [0.3, 0.4) is 0 Å². The van der Waals surface area contributed by atoms with Gasteiger partial charge in [0, 0.05) is 0 Å². The molecule has 0 spiro atoms. The van der Waals surface area contributed by atoms with Crippen LogP contribution in [0.1, 0.15) is 11.1 Å². The van der Waals surface area contributed by atoms with Gasteiger partial charge in [0.25, 0.3) is 11.8 Å². The zero-order valence-corrected chi connectivity index (χ0v) is 18.1. The molecule has 30 heavy (non-hydrogen) atoms. The highest BCUT2D eigenvalue weighted by Crippen LogP contribution is 2.34. The number of methoxy groups -OCH3 is 1. The van der Waals surface area contributed by atoms with E-state index < -0.39 is 23.6 Å². The molecule has 156 valence electrons. The lowest BCUT2D eigenvalue weighted by Gasteiger charge is -2.29. The molecule has 11 heteroatoms. The maximum absolute atomic E-state index is 13.0. The number of hydrogen-bond acceptors (Lipinski definition) is 5. The van der Waals surface area contributed by atoms with Crippen molar-refractivity contribution < 1.29 is 32.6 Å². The molecule has 2 aromatic rings. The van der Waals surface area contributed by atoms with Gasteiger partial charge < -0.3 is 9.84 Å². The molecule has 1 aliphatic heterocycles. The minimum atomic E-state index is -4.61. The van der Waals surface area contributed by atoms with Crippen molar-refractivity contribution in [3.05, 3.63) is 56.7 Å². The molecule has 3 rings (SSSR count). The molecule has 1 heterocycles. The number of halogens is 4. The first kappa shape index (κ1) is 22.0. The molecule has 0 atom stereocenters. The second-order valence-corrected chi connectivity index (χ2v) is 7.61. The number of carbonyl (C=O) groups is 2. The Bertz CT molecular complexity index is 1100. The number of rotatable bonds is 3. The van der Waals surface area contributed by atoms with Gasteiger partial charge in [-0.3, -0.25) is 19.8 Å². The summed E-state index contributed by atoms with van der Waals surface area (Å²) in [5.74, 6) is -1.66. The van der Waals surface area contributed by atoms with E-state index in [4.69, 9.17) is 17.0 Å². The van der Waals surface area contributed by atoms with Gasteiger partial charge in [0.2, 0.25) is 0 Å². The summed E-state index contributed by atoms with van der Waals surface area (Å²) in [6, 6.07) is 6.97. The van der Waals surface area contributed by atoms with Crippen molar-refractivity contribution in [1.82, 2.24) is 5.32 Å². The van der Waals surface area contributed by atoms with Crippen LogP contribution in [0.15, 0.2) is 42.0 Å². The van der Waals surface area contributed by atoms with Gasteiger partial charge in [-0.15, -0.1) is 0 Å². The molecule has 2 amide bonds. The van der Waals surface area contributed by atoms with Crippen molar-refractivity contribution in [3.63, 3.8) is 0 Å². The minimum Gasteiger partial charge on any atom is -0.504 e. The predicted molar refractivity (Wildman–Crippen MR) is 115 cm³/mol. The molecular formula is C19H12F3IN2O4S. The van der Waals surface area contributed by atoms with Crippen molar-refractivity contribution in [2.45, 2.75) is 6.18 Å². The van der Waals surface area contributed by atoms with Crippen LogP contribution in [0.2, 0.25) is 0 Å². The summed E-state index contributed by atoms with van der Waals surface area (Å²) < 4.78 is 44.6. The number of phenolic OH excluding ortho intramolecular Hbond substituents is 1. The number of nitrogens with one attached hydrogen (secondary N) is 1. The average Bonchev–Trinajstić information content (AvgIpc) is 2.67. The quantitative estimate of drug-likeness (QED) is 0.264. The molecule has 0 aliphatic carbocycles. The summed E-state index contributed by atoms with van der Waals surface area (Å²) in [6.45, 7) is 0. The van der Waals surface area contributed by atoms with E-state index in [0.717, 1.165) is 23.1 Å². The summed E-state index contributed by atoms with van der Waals surface area (Å²) in [5.41, 5.74) is -1.08. The number of thiocarbonyl (C=S) groups is 1. The van der Waals surface area contributed by atoms with E-state index in [1.807, 2.05) is 22.6 Å². The molecule has 2 N–H and O–H groups in total. The van der Waals surface area contributed by atoms with E-state index in [2.05, 4.69) is 5.32 Å². The monoisotopic (exact) mass is 548 g/mol. The van der Waals surface area contributed by atoms with Gasteiger partial charge in [-0.2, -0.15) is 13.2 Å². The molecule has 1 fully saturated rings. The molecule has 0 saturated carbocycles. The molecule has 1 saturated heterocycles. The number of anilines is 1. The minimum absolute atomic E-state index is 0.105. The van der Waals surface area contributed by atoms with Gasteiger partial charge in [-0.1, -0.05) is 6.07 Å². The lowest BCUT2D eigenvalue weighted by Crippen LogP contribution is -2.54. The summed E-state index contributed by atoms with van der Waals surface area (Å²) in [4.78, 5) is 26.1. The predicted octanol–water partition coefficient (Wildman–Crippen LogP) is 3.86. The fraction of sp³-hybridized carbons (Fsp3) is 0.105. The molecule has 1 aliphatic rings. The number of benzene rings is 2. The van der Waals surface area contributed by atoms with Crippen LogP contribution in [-0.4, -0.2) is 29.1 Å². The summed E-state index contributed by atoms with van der Waals surface area (Å²) in [6.07, 6.45) is -3.37. The third kappa shape index (κ3) is 4.26. The van der Waals surface area contributed by atoms with E-state index in [9.17, 15) is 27.9 Å². The van der Waals surface area contributed by atoms with Crippen molar-refractivity contribution in [3.8, 4) is 11.5 Å². The molecule has 0 bridgehead atoms. The lowest BCUT2D eigenvalue weighted by molar-refractivity contribution is -0.137. The number of carbonyl (C=O) groups excluding carboxylic acids is 2. The molecule has 0 radical (unpaired) electrons.